The van der Waals surface area contributed by atoms with E-state index >= 15 is 13.2 Å². The summed E-state index contributed by atoms with van der Waals surface area (Å²) in [6.45, 7) is 2.16. The Hall–Kier alpha value is -4.79. The van der Waals surface area contributed by atoms with Crippen LogP contribution < -0.4 is 9.47 Å². The Balaban J connectivity index is 1.24. The van der Waals surface area contributed by atoms with Gasteiger partial charge in [-0.05, 0) is 88.7 Å². The van der Waals surface area contributed by atoms with E-state index in [1.807, 2.05) is 24.3 Å². The molecule has 0 aliphatic heterocycles. The molecule has 0 unspecified atom stereocenters. The van der Waals surface area contributed by atoms with Crippen LogP contribution in [0, 0.1) is 11.6 Å². The molecule has 0 aliphatic carbocycles. The van der Waals surface area contributed by atoms with E-state index in [1.165, 1.54) is 60.5 Å². The largest absolute Gasteiger partial charge is 0.573 e. The van der Waals surface area contributed by atoms with Crippen molar-refractivity contribution in [3.05, 3.63) is 132 Å². The van der Waals surface area contributed by atoms with E-state index in [1.54, 1.807) is 12.1 Å². The molecule has 9 heteroatoms. The third kappa shape index (κ3) is 8.07. The van der Waals surface area contributed by atoms with Crippen LogP contribution in [0.2, 0.25) is 0 Å². The van der Waals surface area contributed by atoms with Gasteiger partial charge in [-0.15, -0.1) is 13.2 Å². The Bertz CT molecular complexity index is 1760. The molecule has 0 N–H and O–H groups in total. The molecule has 5 rings (SSSR count). The average Bonchev–Trinajstić information content (AvgIpc) is 3.02. The summed E-state index contributed by atoms with van der Waals surface area (Å²) in [5.41, 5.74) is 3.60. The molecule has 0 radical (unpaired) electrons. The van der Waals surface area contributed by atoms with E-state index in [0.717, 1.165) is 49.1 Å². The van der Waals surface area contributed by atoms with Crippen LogP contribution in [-0.4, -0.2) is 6.36 Å². The highest BCUT2D eigenvalue weighted by Crippen LogP contribution is 2.36. The summed E-state index contributed by atoms with van der Waals surface area (Å²) < 4.78 is 105. The second kappa shape index (κ2) is 13.7. The molecule has 0 atom stereocenters. The van der Waals surface area contributed by atoms with Gasteiger partial charge in [0.2, 0.25) is 0 Å². The third-order valence-corrected chi connectivity index (χ3v) is 7.45. The van der Waals surface area contributed by atoms with Gasteiger partial charge in [-0.2, -0.15) is 8.78 Å². The molecule has 0 aliphatic rings. The number of benzene rings is 5. The molecule has 0 heterocycles. The highest BCUT2D eigenvalue weighted by molar-refractivity contribution is 5.71. The quantitative estimate of drug-likeness (QED) is 0.106. The van der Waals surface area contributed by atoms with Gasteiger partial charge >= 0.3 is 12.5 Å². The van der Waals surface area contributed by atoms with Crippen LogP contribution in [0.1, 0.15) is 37.3 Å². The van der Waals surface area contributed by atoms with Crippen molar-refractivity contribution in [3.8, 4) is 44.9 Å². The molecule has 5 aromatic carbocycles. The molecule has 0 spiro atoms. The first-order chi connectivity index (χ1) is 21.9. The number of halogens is 7. The molecule has 5 aromatic rings. The summed E-state index contributed by atoms with van der Waals surface area (Å²) in [6.07, 6.45) is -4.34. The fourth-order valence-corrected chi connectivity index (χ4v) is 5.03. The van der Waals surface area contributed by atoms with Gasteiger partial charge in [0.15, 0.2) is 11.6 Å². The third-order valence-electron chi connectivity index (χ3n) is 7.45. The number of ether oxygens (including phenoxy) is 2. The van der Waals surface area contributed by atoms with Crippen LogP contribution in [0.3, 0.4) is 0 Å². The maximum atomic E-state index is 15.1. The number of hydrogen-bond donors (Lipinski definition) is 0. The minimum absolute atomic E-state index is 0.203. The molecule has 0 saturated heterocycles. The van der Waals surface area contributed by atoms with Gasteiger partial charge in [0.25, 0.3) is 0 Å². The van der Waals surface area contributed by atoms with Crippen molar-refractivity contribution in [2.75, 3.05) is 0 Å². The summed E-state index contributed by atoms with van der Waals surface area (Å²) in [7, 11) is 0. The Morgan fingerprint density at radius 1 is 0.543 bits per heavy atom. The highest BCUT2D eigenvalue weighted by atomic mass is 19.4. The van der Waals surface area contributed by atoms with Crippen molar-refractivity contribution < 1.29 is 40.2 Å². The van der Waals surface area contributed by atoms with Crippen LogP contribution in [0.5, 0.6) is 11.5 Å². The predicted molar refractivity (Wildman–Crippen MR) is 164 cm³/mol. The summed E-state index contributed by atoms with van der Waals surface area (Å²) >= 11 is 0. The van der Waals surface area contributed by atoms with E-state index < -0.39 is 35.4 Å². The smallest absolute Gasteiger partial charge is 0.429 e. The van der Waals surface area contributed by atoms with E-state index in [-0.39, 0.29) is 16.9 Å². The number of alkyl halides is 5. The van der Waals surface area contributed by atoms with Crippen molar-refractivity contribution in [3.63, 3.8) is 0 Å². The first kappa shape index (κ1) is 32.6. The van der Waals surface area contributed by atoms with Crippen molar-refractivity contribution in [2.24, 2.45) is 0 Å². The van der Waals surface area contributed by atoms with Gasteiger partial charge in [0.1, 0.15) is 11.6 Å². The van der Waals surface area contributed by atoms with E-state index in [9.17, 15) is 17.6 Å². The molecule has 0 bridgehead atoms. The lowest BCUT2D eigenvalue weighted by molar-refractivity contribution is -0.275. The van der Waals surface area contributed by atoms with E-state index in [2.05, 4.69) is 11.7 Å². The first-order valence-electron chi connectivity index (χ1n) is 14.6. The zero-order valence-electron chi connectivity index (χ0n) is 24.7. The van der Waals surface area contributed by atoms with Crippen molar-refractivity contribution in [1.82, 2.24) is 0 Å². The zero-order valence-corrected chi connectivity index (χ0v) is 24.7. The van der Waals surface area contributed by atoms with Gasteiger partial charge < -0.3 is 9.47 Å². The van der Waals surface area contributed by atoms with Gasteiger partial charge in [-0.3, -0.25) is 0 Å². The monoisotopic (exact) mass is 638 g/mol. The van der Waals surface area contributed by atoms with Crippen LogP contribution in [0.25, 0.3) is 33.4 Å². The minimum Gasteiger partial charge on any atom is -0.429 e. The van der Waals surface area contributed by atoms with E-state index in [4.69, 9.17) is 4.74 Å². The predicted octanol–water partition coefficient (Wildman–Crippen LogP) is 11.7. The molecule has 238 valence electrons. The zero-order chi connectivity index (χ0) is 32.9. The maximum Gasteiger partial charge on any atom is 0.573 e. The Morgan fingerprint density at radius 3 is 1.65 bits per heavy atom. The summed E-state index contributed by atoms with van der Waals surface area (Å²) in [4.78, 5) is 0. The fourth-order valence-electron chi connectivity index (χ4n) is 5.03. The molecule has 0 fully saturated rings. The van der Waals surface area contributed by atoms with Crippen LogP contribution in [0.15, 0.2) is 109 Å². The van der Waals surface area contributed by atoms with Gasteiger partial charge in [-0.1, -0.05) is 86.5 Å². The van der Waals surface area contributed by atoms with Crippen molar-refractivity contribution in [2.45, 2.75) is 45.1 Å². The first-order valence-corrected chi connectivity index (χ1v) is 14.6. The number of unbranched alkanes of at least 4 members (excludes halogenated alkanes) is 2. The molecular formula is C37H29F7O2. The maximum absolute atomic E-state index is 15.1. The fraction of sp³-hybridized carbons (Fsp3) is 0.189. The summed E-state index contributed by atoms with van der Waals surface area (Å²) in [5.74, 6) is -2.90. The molecule has 0 amide bonds. The molecule has 0 saturated carbocycles. The topological polar surface area (TPSA) is 18.5 Å². The second-order valence-electron chi connectivity index (χ2n) is 10.8. The number of rotatable bonds is 11. The summed E-state index contributed by atoms with van der Waals surface area (Å²) in [5, 5.41) is 0. The van der Waals surface area contributed by atoms with Gasteiger partial charge in [-0.25, -0.2) is 8.78 Å². The number of aryl methyl sites for hydroxylation is 1. The summed E-state index contributed by atoms with van der Waals surface area (Å²) in [6, 6.07) is 26.0. The Morgan fingerprint density at radius 2 is 1.09 bits per heavy atom. The normalized spacial score (nSPS) is 11.8. The lowest BCUT2D eigenvalue weighted by atomic mass is 9.97. The van der Waals surface area contributed by atoms with Crippen LogP contribution in [0.4, 0.5) is 30.7 Å². The molecule has 2 nitrogen and oxygen atoms in total. The molecule has 0 aromatic heterocycles. The lowest BCUT2D eigenvalue weighted by Gasteiger charge is -2.19. The molecule has 46 heavy (non-hydrogen) atoms. The van der Waals surface area contributed by atoms with E-state index in [0.29, 0.717) is 16.7 Å². The average molecular weight is 639 g/mol. The van der Waals surface area contributed by atoms with Gasteiger partial charge in [0.05, 0.1) is 5.56 Å². The SMILES string of the molecule is CCCCCc1ccc(-c2ccc(-c3ccc(C(F)(F)Oc4ccc(-c5ccc(OC(F)(F)F)c(F)c5)cc4)cc3)c(F)c2)cc1. The van der Waals surface area contributed by atoms with Crippen LogP contribution in [-0.2, 0) is 12.5 Å². The molecular weight excluding hydrogens is 609 g/mol. The lowest BCUT2D eigenvalue weighted by Crippen LogP contribution is -2.21. The standard InChI is InChI=1S/C37H29F7O2/c1-2-3-4-5-24-6-8-25(9-7-24)28-14-20-32(33(38)22-28)27-10-16-30(17-11-27)36(40,41)45-31-18-12-26(13-19-31)29-15-21-35(34(39)23-29)46-37(42,43)44/h6-23H,2-5H2,1H3. The van der Waals surface area contributed by atoms with Crippen molar-refractivity contribution >= 4 is 0 Å². The van der Waals surface area contributed by atoms with Crippen molar-refractivity contribution in [1.29, 1.82) is 0 Å². The Kier molecular flexibility index (Phi) is 9.70. The second-order valence-corrected chi connectivity index (χ2v) is 10.8. The number of hydrogen-bond acceptors (Lipinski definition) is 2. The highest BCUT2D eigenvalue weighted by Gasteiger charge is 2.35. The van der Waals surface area contributed by atoms with Gasteiger partial charge in [0, 0.05) is 5.56 Å². The minimum atomic E-state index is -5.05. The van der Waals surface area contributed by atoms with Crippen LogP contribution >= 0.6 is 0 Å². The Labute approximate surface area is 262 Å².